The van der Waals surface area contributed by atoms with Gasteiger partial charge in [0.05, 0.1) is 34.2 Å². The van der Waals surface area contributed by atoms with E-state index in [2.05, 4.69) is 21.1 Å². The van der Waals surface area contributed by atoms with Gasteiger partial charge in [0.25, 0.3) is 5.24 Å². The Morgan fingerprint density at radius 1 is 1.42 bits per heavy atom. The second kappa shape index (κ2) is 4.72. The smallest absolute Gasteiger partial charge is 0.281 e. The first-order valence-electron chi connectivity index (χ1n) is 3.96. The molecule has 0 spiro atoms. The van der Waals surface area contributed by atoms with Crippen molar-refractivity contribution in [2.24, 2.45) is 0 Å². The molecule has 0 aromatic heterocycles. The molecule has 0 aromatic carbocycles. The first-order valence-corrected chi connectivity index (χ1v) is 5.19. The number of carbonyl (C=O) groups is 1. The van der Waals surface area contributed by atoms with Gasteiger partial charge in [0.15, 0.2) is 0 Å². The van der Waals surface area contributed by atoms with Crippen LogP contribution in [0.4, 0.5) is 4.79 Å². The maximum absolute atomic E-state index is 11.1. The number of hydrogen-bond acceptors (Lipinski definition) is 2. The largest absolute Gasteiger partial charge is 0.331 e. The van der Waals surface area contributed by atoms with Crippen molar-refractivity contribution in [3.05, 3.63) is 0 Å². The summed E-state index contributed by atoms with van der Waals surface area (Å²) in [6.07, 6.45) is 1.81. The fourth-order valence-electron chi connectivity index (χ4n) is 0.697. The molecule has 1 amide bonds. The van der Waals surface area contributed by atoms with E-state index >= 15 is 0 Å². The lowest BCUT2D eigenvalue weighted by Crippen LogP contribution is -2.41. The van der Waals surface area contributed by atoms with E-state index in [1.54, 1.807) is 4.90 Å². The molecule has 0 saturated heterocycles. The number of thioether (sulfide) groups is 1. The second-order valence-corrected chi connectivity index (χ2v) is 4.66. The van der Waals surface area contributed by atoms with Crippen LogP contribution in [0.1, 0.15) is 0 Å². The number of hydrogen-bond donors (Lipinski definition) is 0. The molecule has 4 heteroatoms. The quantitative estimate of drug-likeness (QED) is 0.623. The van der Waals surface area contributed by atoms with E-state index in [9.17, 15) is 4.79 Å². The normalized spacial score (nSPS) is 11.4. The first kappa shape index (κ1) is 11.8. The third-order valence-corrected chi connectivity index (χ3v) is 2.25. The number of amides is 1. The average Bonchev–Trinajstić information content (AvgIpc) is 1.97. The lowest BCUT2D eigenvalue weighted by Gasteiger charge is -2.26. The maximum atomic E-state index is 11.1. The Bertz CT molecular complexity index is 154. The Morgan fingerprint density at radius 2 is 1.92 bits per heavy atom. The van der Waals surface area contributed by atoms with E-state index in [1.165, 1.54) is 11.8 Å². The fraction of sp³-hybridized carbons (Fsp3) is 0.875. The molecule has 0 rings (SSSR count). The Hall–Kier alpha value is -0.220. The monoisotopic (exact) mass is 191 g/mol. The van der Waals surface area contributed by atoms with Crippen molar-refractivity contribution in [2.75, 3.05) is 47.5 Å². The number of rotatable bonds is 3. The van der Waals surface area contributed by atoms with Gasteiger partial charge in [-0.2, -0.15) is 0 Å². The zero-order chi connectivity index (χ0) is 9.78. The summed E-state index contributed by atoms with van der Waals surface area (Å²) >= 11 is 1.26. The molecule has 0 saturated carbocycles. The minimum absolute atomic E-state index is 0.142. The minimum Gasteiger partial charge on any atom is -0.331 e. The fourth-order valence-corrected chi connectivity index (χ4v) is 1.10. The Labute approximate surface area is 79.3 Å². The van der Waals surface area contributed by atoms with Gasteiger partial charge in [0.2, 0.25) is 0 Å². The van der Waals surface area contributed by atoms with Crippen LogP contribution in [0, 0.1) is 0 Å². The van der Waals surface area contributed by atoms with Crippen molar-refractivity contribution in [3.63, 3.8) is 0 Å². The van der Waals surface area contributed by atoms with E-state index < -0.39 is 0 Å². The number of nitrogens with zero attached hydrogens (tertiary/aromatic N) is 2. The van der Waals surface area contributed by atoms with Crippen LogP contribution in [-0.2, 0) is 0 Å². The average molecular weight is 191 g/mol. The predicted octanol–water partition coefficient (Wildman–Crippen LogP) is 1.11. The van der Waals surface area contributed by atoms with Crippen molar-refractivity contribution in [2.45, 2.75) is 0 Å². The second-order valence-electron chi connectivity index (χ2n) is 3.91. The third kappa shape index (κ3) is 5.43. The van der Waals surface area contributed by atoms with Gasteiger partial charge >= 0.3 is 0 Å². The minimum atomic E-state index is 0.142. The van der Waals surface area contributed by atoms with E-state index in [1.807, 2.05) is 13.3 Å². The van der Waals surface area contributed by atoms with Gasteiger partial charge in [-0.3, -0.25) is 4.79 Å². The van der Waals surface area contributed by atoms with E-state index in [4.69, 9.17) is 0 Å². The predicted molar refractivity (Wildman–Crippen MR) is 54.4 cm³/mol. The summed E-state index contributed by atoms with van der Waals surface area (Å²) in [6.45, 7) is 1.81. The van der Waals surface area contributed by atoms with Crippen LogP contribution in [0.5, 0.6) is 0 Å². The molecule has 0 fully saturated rings. The lowest BCUT2D eigenvalue weighted by molar-refractivity contribution is -0.869. The molecular weight excluding hydrogens is 172 g/mol. The molecule has 72 valence electrons. The number of carbonyl (C=O) groups excluding carboxylic acids is 1. The van der Waals surface area contributed by atoms with Crippen molar-refractivity contribution >= 4 is 17.0 Å². The van der Waals surface area contributed by atoms with Crippen molar-refractivity contribution in [1.82, 2.24) is 4.90 Å². The molecule has 0 N–H and O–H groups in total. The van der Waals surface area contributed by atoms with Gasteiger partial charge < -0.3 is 9.38 Å². The van der Waals surface area contributed by atoms with Crippen LogP contribution in [-0.4, -0.2) is 62.2 Å². The van der Waals surface area contributed by atoms with Crippen LogP contribution < -0.4 is 0 Å². The van der Waals surface area contributed by atoms with E-state index in [0.29, 0.717) is 0 Å². The molecule has 0 unspecified atom stereocenters. The molecule has 0 aromatic rings. The molecule has 0 atom stereocenters. The van der Waals surface area contributed by atoms with Crippen molar-refractivity contribution < 1.29 is 9.28 Å². The molecule has 0 heterocycles. The summed E-state index contributed by atoms with van der Waals surface area (Å²) in [6, 6.07) is 0. The van der Waals surface area contributed by atoms with Gasteiger partial charge in [-0.25, -0.2) is 0 Å². The topological polar surface area (TPSA) is 20.3 Å². The Kier molecular flexibility index (Phi) is 4.63. The molecule has 3 nitrogen and oxygen atoms in total. The highest BCUT2D eigenvalue weighted by molar-refractivity contribution is 8.12. The molecule has 0 aliphatic rings. The van der Waals surface area contributed by atoms with Crippen LogP contribution in [0.3, 0.4) is 0 Å². The summed E-state index contributed by atoms with van der Waals surface area (Å²) in [4.78, 5) is 12.9. The SMILES string of the molecule is CSC(=O)N(C)CC[N+](C)(C)C. The van der Waals surface area contributed by atoms with Gasteiger partial charge in [-0.1, -0.05) is 11.8 Å². The summed E-state index contributed by atoms with van der Waals surface area (Å²) < 4.78 is 0.895. The number of quaternary nitrogens is 1. The van der Waals surface area contributed by atoms with Crippen LogP contribution >= 0.6 is 11.8 Å². The Morgan fingerprint density at radius 3 is 2.25 bits per heavy atom. The molecule has 0 bridgehead atoms. The zero-order valence-electron chi connectivity index (χ0n) is 8.63. The molecule has 0 radical (unpaired) electrons. The summed E-state index contributed by atoms with van der Waals surface area (Å²) in [5.41, 5.74) is 0. The summed E-state index contributed by atoms with van der Waals surface area (Å²) in [7, 11) is 8.21. The zero-order valence-corrected chi connectivity index (χ0v) is 9.44. The number of likely N-dealkylation sites (N-methyl/N-ethyl adjacent to an activating group) is 2. The third-order valence-electron chi connectivity index (χ3n) is 1.59. The molecule has 12 heavy (non-hydrogen) atoms. The molecule has 0 aliphatic heterocycles. The standard InChI is InChI=1S/C8H19N2OS/c1-9(8(11)12-5)6-7-10(2,3)4/h6-7H2,1-5H3/q+1. The van der Waals surface area contributed by atoms with Crippen LogP contribution in [0.2, 0.25) is 0 Å². The van der Waals surface area contributed by atoms with Gasteiger partial charge in [-0.15, -0.1) is 0 Å². The summed E-state index contributed by atoms with van der Waals surface area (Å²) in [5, 5.41) is 0.142. The highest BCUT2D eigenvalue weighted by atomic mass is 32.2. The first-order chi connectivity index (χ1) is 5.37. The van der Waals surface area contributed by atoms with Gasteiger partial charge in [-0.05, 0) is 6.26 Å². The highest BCUT2D eigenvalue weighted by Gasteiger charge is 2.11. The maximum Gasteiger partial charge on any atom is 0.281 e. The summed E-state index contributed by atoms with van der Waals surface area (Å²) in [5.74, 6) is 0. The Balaban J connectivity index is 3.72. The molecular formula is C8H19N2OS+. The van der Waals surface area contributed by atoms with Crippen molar-refractivity contribution in [1.29, 1.82) is 0 Å². The van der Waals surface area contributed by atoms with E-state index in [-0.39, 0.29) is 5.24 Å². The lowest BCUT2D eigenvalue weighted by atomic mass is 10.5. The van der Waals surface area contributed by atoms with Gasteiger partial charge in [0, 0.05) is 7.05 Å². The highest BCUT2D eigenvalue weighted by Crippen LogP contribution is 2.02. The molecule has 0 aliphatic carbocycles. The van der Waals surface area contributed by atoms with Crippen LogP contribution in [0.15, 0.2) is 0 Å². The van der Waals surface area contributed by atoms with E-state index in [0.717, 1.165) is 17.6 Å². The van der Waals surface area contributed by atoms with Crippen molar-refractivity contribution in [3.8, 4) is 0 Å². The van der Waals surface area contributed by atoms with Gasteiger partial charge in [0.1, 0.15) is 0 Å². The van der Waals surface area contributed by atoms with Crippen LogP contribution in [0.25, 0.3) is 0 Å².